The Balaban J connectivity index is 2.88. The summed E-state index contributed by atoms with van der Waals surface area (Å²) >= 11 is 1.57. The molecule has 1 saturated heterocycles. The van der Waals surface area contributed by atoms with Crippen molar-refractivity contribution in [3.63, 3.8) is 0 Å². The van der Waals surface area contributed by atoms with Crippen LogP contribution in [0.5, 0.6) is 0 Å². The van der Waals surface area contributed by atoms with Crippen LogP contribution in [0.15, 0.2) is 0 Å². The Bertz CT molecular complexity index is 305. The summed E-state index contributed by atoms with van der Waals surface area (Å²) in [6.45, 7) is 4.45. The van der Waals surface area contributed by atoms with Gasteiger partial charge in [-0.1, -0.05) is 6.92 Å². The third kappa shape index (κ3) is 2.93. The van der Waals surface area contributed by atoms with Gasteiger partial charge in [0.1, 0.15) is 6.04 Å². The fourth-order valence-electron chi connectivity index (χ4n) is 1.78. The second-order valence-electron chi connectivity index (χ2n) is 4.55. The lowest BCUT2D eigenvalue weighted by molar-refractivity contribution is -0.153. The van der Waals surface area contributed by atoms with E-state index >= 15 is 0 Å². The molecule has 17 heavy (non-hydrogen) atoms. The van der Waals surface area contributed by atoms with Gasteiger partial charge in [0.15, 0.2) is 0 Å². The summed E-state index contributed by atoms with van der Waals surface area (Å²) in [7, 11) is 0. The highest BCUT2D eigenvalue weighted by Gasteiger charge is 2.40. The molecule has 98 valence electrons. The molecule has 0 aromatic heterocycles. The zero-order chi connectivity index (χ0) is 13.1. The van der Waals surface area contributed by atoms with Crippen LogP contribution in [0.25, 0.3) is 0 Å². The number of carbonyl (C=O) groups excluding carboxylic acids is 1. The molecule has 2 unspecified atom stereocenters. The van der Waals surface area contributed by atoms with Gasteiger partial charge in [-0.3, -0.25) is 4.79 Å². The molecule has 5 nitrogen and oxygen atoms in total. The first-order valence-electron chi connectivity index (χ1n) is 5.78. The molecule has 3 N–H and O–H groups in total. The minimum absolute atomic E-state index is 0.129. The quantitative estimate of drug-likeness (QED) is 0.764. The summed E-state index contributed by atoms with van der Waals surface area (Å²) < 4.78 is 0. The zero-order valence-electron chi connectivity index (χ0n) is 10.3. The molecule has 0 aromatic rings. The van der Waals surface area contributed by atoms with Crippen molar-refractivity contribution in [2.24, 2.45) is 11.1 Å². The summed E-state index contributed by atoms with van der Waals surface area (Å²) in [5.74, 6) is 0.196. The summed E-state index contributed by atoms with van der Waals surface area (Å²) in [5.41, 5.74) is 5.00. The van der Waals surface area contributed by atoms with Crippen molar-refractivity contribution in [2.75, 3.05) is 24.6 Å². The largest absolute Gasteiger partial charge is 0.480 e. The number of hydrogen-bond donors (Lipinski definition) is 2. The lowest BCUT2D eigenvalue weighted by atomic mass is 9.85. The fourth-order valence-corrected chi connectivity index (χ4v) is 2.82. The normalized spacial score (nSPS) is 24.2. The van der Waals surface area contributed by atoms with E-state index in [1.807, 2.05) is 6.92 Å². The van der Waals surface area contributed by atoms with E-state index in [4.69, 9.17) is 10.8 Å². The molecule has 1 rings (SSSR count). The number of hydrogen-bond acceptors (Lipinski definition) is 4. The van der Waals surface area contributed by atoms with Crippen LogP contribution in [0.4, 0.5) is 0 Å². The molecule has 0 saturated carbocycles. The van der Waals surface area contributed by atoms with Gasteiger partial charge in [0.05, 0.1) is 5.41 Å². The van der Waals surface area contributed by atoms with Crippen LogP contribution in [-0.4, -0.2) is 52.5 Å². The number of nitrogens with zero attached hydrogens (tertiary/aromatic N) is 1. The first kappa shape index (κ1) is 14.3. The highest BCUT2D eigenvalue weighted by molar-refractivity contribution is 7.99. The third-order valence-corrected chi connectivity index (χ3v) is 4.44. The standard InChI is InChI=1S/C11H20N2O3S/c1-3-11(2,7-12)10(16)13-4-5-17-6-8(13)9(14)15/h8H,3-7,12H2,1-2H3,(H,14,15). The molecule has 1 amide bonds. The van der Waals surface area contributed by atoms with Crippen molar-refractivity contribution in [3.05, 3.63) is 0 Å². The van der Waals surface area contributed by atoms with Gasteiger partial charge in [-0.05, 0) is 13.3 Å². The number of carboxylic acid groups (broad SMARTS) is 1. The SMILES string of the molecule is CCC(C)(CN)C(=O)N1CCSCC1C(=O)O. The van der Waals surface area contributed by atoms with Gasteiger partial charge in [0, 0.05) is 24.6 Å². The summed E-state index contributed by atoms with van der Waals surface area (Å²) in [5, 5.41) is 9.13. The van der Waals surface area contributed by atoms with E-state index in [9.17, 15) is 9.59 Å². The Labute approximate surface area is 106 Å². The zero-order valence-corrected chi connectivity index (χ0v) is 11.1. The fraction of sp³-hybridized carbons (Fsp3) is 0.818. The second-order valence-corrected chi connectivity index (χ2v) is 5.70. The monoisotopic (exact) mass is 260 g/mol. The molecule has 1 fully saturated rings. The van der Waals surface area contributed by atoms with E-state index in [1.54, 1.807) is 18.7 Å². The molecule has 0 radical (unpaired) electrons. The van der Waals surface area contributed by atoms with Crippen molar-refractivity contribution >= 4 is 23.6 Å². The number of amides is 1. The number of aliphatic carboxylic acids is 1. The Morgan fingerprint density at radius 3 is 2.71 bits per heavy atom. The van der Waals surface area contributed by atoms with E-state index in [0.29, 0.717) is 18.7 Å². The molecule has 1 aliphatic rings. The highest BCUT2D eigenvalue weighted by atomic mass is 32.2. The molecular weight excluding hydrogens is 240 g/mol. The molecule has 0 aliphatic carbocycles. The van der Waals surface area contributed by atoms with Gasteiger partial charge < -0.3 is 15.7 Å². The molecule has 1 aliphatic heterocycles. The number of nitrogens with two attached hydrogens (primary N) is 1. The van der Waals surface area contributed by atoms with Gasteiger partial charge >= 0.3 is 5.97 Å². The minimum Gasteiger partial charge on any atom is -0.480 e. The summed E-state index contributed by atoms with van der Waals surface area (Å²) in [4.78, 5) is 25.0. The molecular formula is C11H20N2O3S. The lowest BCUT2D eigenvalue weighted by Gasteiger charge is -2.38. The molecule has 0 aromatic carbocycles. The van der Waals surface area contributed by atoms with Crippen molar-refractivity contribution in [1.82, 2.24) is 4.90 Å². The first-order chi connectivity index (χ1) is 7.96. The Morgan fingerprint density at radius 2 is 2.24 bits per heavy atom. The summed E-state index contributed by atoms with van der Waals surface area (Å²) in [6, 6.07) is -0.710. The van der Waals surface area contributed by atoms with Crippen molar-refractivity contribution in [2.45, 2.75) is 26.3 Å². The van der Waals surface area contributed by atoms with Crippen LogP contribution < -0.4 is 5.73 Å². The second kappa shape index (κ2) is 5.73. The molecule has 0 spiro atoms. The molecule has 0 bridgehead atoms. The molecule has 6 heteroatoms. The topological polar surface area (TPSA) is 83.6 Å². The highest BCUT2D eigenvalue weighted by Crippen LogP contribution is 2.27. The van der Waals surface area contributed by atoms with E-state index in [1.165, 1.54) is 4.90 Å². The van der Waals surface area contributed by atoms with Gasteiger partial charge in [-0.2, -0.15) is 11.8 Å². The average molecular weight is 260 g/mol. The van der Waals surface area contributed by atoms with Crippen LogP contribution in [0.2, 0.25) is 0 Å². The van der Waals surface area contributed by atoms with E-state index in [2.05, 4.69) is 0 Å². The van der Waals surface area contributed by atoms with Crippen LogP contribution >= 0.6 is 11.8 Å². The van der Waals surface area contributed by atoms with Gasteiger partial charge in [-0.25, -0.2) is 4.79 Å². The maximum absolute atomic E-state index is 12.4. The third-order valence-electron chi connectivity index (χ3n) is 3.42. The Kier molecular flexibility index (Phi) is 4.82. The lowest BCUT2D eigenvalue weighted by Crippen LogP contribution is -2.56. The number of carboxylic acids is 1. The van der Waals surface area contributed by atoms with Crippen molar-refractivity contribution in [3.8, 4) is 0 Å². The van der Waals surface area contributed by atoms with Crippen LogP contribution in [0.1, 0.15) is 20.3 Å². The number of thioether (sulfide) groups is 1. The van der Waals surface area contributed by atoms with E-state index in [-0.39, 0.29) is 12.5 Å². The predicted molar refractivity (Wildman–Crippen MR) is 67.9 cm³/mol. The molecule has 1 heterocycles. The maximum Gasteiger partial charge on any atom is 0.327 e. The number of carbonyl (C=O) groups is 2. The minimum atomic E-state index is -0.930. The predicted octanol–water partition coefficient (Wildman–Crippen LogP) is 0.390. The van der Waals surface area contributed by atoms with Crippen LogP contribution in [-0.2, 0) is 9.59 Å². The van der Waals surface area contributed by atoms with Crippen LogP contribution in [0.3, 0.4) is 0 Å². The Hall–Kier alpha value is -0.750. The average Bonchev–Trinajstić information content (AvgIpc) is 2.36. The smallest absolute Gasteiger partial charge is 0.327 e. The van der Waals surface area contributed by atoms with Crippen LogP contribution in [0, 0.1) is 5.41 Å². The summed E-state index contributed by atoms with van der Waals surface area (Å²) in [6.07, 6.45) is 0.623. The van der Waals surface area contributed by atoms with E-state index in [0.717, 1.165) is 5.75 Å². The van der Waals surface area contributed by atoms with E-state index < -0.39 is 17.4 Å². The first-order valence-corrected chi connectivity index (χ1v) is 6.93. The maximum atomic E-state index is 12.4. The van der Waals surface area contributed by atoms with Gasteiger partial charge in [0.25, 0.3) is 0 Å². The van der Waals surface area contributed by atoms with Gasteiger partial charge in [0.2, 0.25) is 5.91 Å². The number of rotatable bonds is 4. The van der Waals surface area contributed by atoms with Crippen molar-refractivity contribution < 1.29 is 14.7 Å². The Morgan fingerprint density at radius 1 is 1.59 bits per heavy atom. The molecule has 2 atom stereocenters. The van der Waals surface area contributed by atoms with Crippen molar-refractivity contribution in [1.29, 1.82) is 0 Å². The van der Waals surface area contributed by atoms with Gasteiger partial charge in [-0.15, -0.1) is 0 Å².